The predicted molar refractivity (Wildman–Crippen MR) is 105 cm³/mol. The number of rotatable bonds is 3. The molecule has 2 N–H and O–H groups in total. The van der Waals surface area contributed by atoms with Crippen LogP contribution in [0.1, 0.15) is 49.4 Å². The summed E-state index contributed by atoms with van der Waals surface area (Å²) in [5.41, 5.74) is 0.889. The Kier molecular flexibility index (Phi) is 4.62. The number of nitrogens with zero attached hydrogens (tertiary/aromatic N) is 3. The van der Waals surface area contributed by atoms with Crippen molar-refractivity contribution >= 4 is 17.1 Å². The van der Waals surface area contributed by atoms with E-state index in [9.17, 15) is 15.0 Å². The van der Waals surface area contributed by atoms with Crippen LogP contribution in [0.2, 0.25) is 0 Å². The zero-order chi connectivity index (χ0) is 18.8. The van der Waals surface area contributed by atoms with Gasteiger partial charge in [-0.1, -0.05) is 31.4 Å². The number of phenols is 2. The lowest BCUT2D eigenvalue weighted by Crippen LogP contribution is -2.25. The molecular formula is C21H21N3O3. The number of fused-ring (bicyclic) bond motifs is 1. The first kappa shape index (κ1) is 17.3. The molecule has 2 aromatic carbocycles. The maximum absolute atomic E-state index is 13.1. The molecule has 0 aliphatic heterocycles. The van der Waals surface area contributed by atoms with Crippen LogP contribution in [0.15, 0.2) is 52.4 Å². The van der Waals surface area contributed by atoms with Gasteiger partial charge in [0.1, 0.15) is 17.3 Å². The van der Waals surface area contributed by atoms with Crippen LogP contribution in [0.25, 0.3) is 10.9 Å². The number of hydrogen-bond donors (Lipinski definition) is 2. The van der Waals surface area contributed by atoms with E-state index in [0.29, 0.717) is 22.3 Å². The fraction of sp³-hybridized carbons (Fsp3) is 0.286. The average molecular weight is 363 g/mol. The topological polar surface area (TPSA) is 87.7 Å². The lowest BCUT2D eigenvalue weighted by molar-refractivity contribution is 0.416. The second kappa shape index (κ2) is 7.23. The third-order valence-corrected chi connectivity index (χ3v) is 5.08. The molecule has 0 radical (unpaired) electrons. The Morgan fingerprint density at radius 2 is 1.85 bits per heavy atom. The van der Waals surface area contributed by atoms with Crippen LogP contribution < -0.4 is 5.56 Å². The predicted octanol–water partition coefficient (Wildman–Crippen LogP) is 3.74. The molecule has 0 amide bonds. The SMILES string of the molecule is O=c1c2ccccc2nc(C2CCCCC2)n1N=Cc1ccc(O)cc1O. The fourth-order valence-corrected chi connectivity index (χ4v) is 3.64. The molecule has 27 heavy (non-hydrogen) atoms. The molecule has 0 unspecified atom stereocenters. The summed E-state index contributed by atoms with van der Waals surface area (Å²) in [5, 5.41) is 24.3. The molecular weight excluding hydrogens is 342 g/mol. The number of aromatic nitrogens is 2. The molecule has 138 valence electrons. The summed E-state index contributed by atoms with van der Waals surface area (Å²) in [4.78, 5) is 17.8. The van der Waals surface area contributed by atoms with E-state index in [1.807, 2.05) is 18.2 Å². The molecule has 0 spiro atoms. The summed E-state index contributed by atoms with van der Waals surface area (Å²) in [7, 11) is 0. The highest BCUT2D eigenvalue weighted by molar-refractivity contribution is 5.84. The van der Waals surface area contributed by atoms with Crippen molar-refractivity contribution in [2.75, 3.05) is 0 Å². The summed E-state index contributed by atoms with van der Waals surface area (Å²) in [6.07, 6.45) is 6.86. The minimum Gasteiger partial charge on any atom is -0.508 e. The largest absolute Gasteiger partial charge is 0.508 e. The molecule has 1 aliphatic carbocycles. The van der Waals surface area contributed by atoms with Gasteiger partial charge in [0.05, 0.1) is 17.1 Å². The van der Waals surface area contributed by atoms with Crippen molar-refractivity contribution in [2.45, 2.75) is 38.0 Å². The minimum atomic E-state index is -0.212. The van der Waals surface area contributed by atoms with Gasteiger partial charge >= 0.3 is 0 Å². The van der Waals surface area contributed by atoms with Crippen molar-refractivity contribution in [2.24, 2.45) is 5.10 Å². The summed E-state index contributed by atoms with van der Waals surface area (Å²) in [5.74, 6) is 0.742. The molecule has 0 bridgehead atoms. The molecule has 3 aromatic rings. The van der Waals surface area contributed by atoms with Gasteiger partial charge in [-0.05, 0) is 37.1 Å². The van der Waals surface area contributed by atoms with E-state index in [-0.39, 0.29) is 23.0 Å². The van der Waals surface area contributed by atoms with E-state index < -0.39 is 0 Å². The highest BCUT2D eigenvalue weighted by atomic mass is 16.3. The molecule has 1 aliphatic rings. The summed E-state index contributed by atoms with van der Waals surface area (Å²) in [6, 6.07) is 11.5. The standard InChI is InChI=1S/C21H21N3O3/c25-16-11-10-15(19(26)12-16)13-22-24-20(14-6-2-1-3-7-14)23-18-9-5-4-8-17(18)21(24)27/h4-5,8-14,25-26H,1-3,6-7H2. The number of phenolic OH excluding ortho intramolecular Hbond substituents is 2. The monoisotopic (exact) mass is 363 g/mol. The van der Waals surface area contributed by atoms with Crippen LogP contribution in [0, 0.1) is 0 Å². The van der Waals surface area contributed by atoms with Crippen molar-refractivity contribution in [1.82, 2.24) is 9.66 Å². The van der Waals surface area contributed by atoms with Crippen molar-refractivity contribution in [3.05, 3.63) is 64.2 Å². The Labute approximate surface area is 156 Å². The first-order valence-corrected chi connectivity index (χ1v) is 9.21. The van der Waals surface area contributed by atoms with Crippen molar-refractivity contribution in [3.63, 3.8) is 0 Å². The molecule has 6 nitrogen and oxygen atoms in total. The summed E-state index contributed by atoms with van der Waals surface area (Å²) < 4.78 is 1.37. The smallest absolute Gasteiger partial charge is 0.282 e. The van der Waals surface area contributed by atoms with Crippen LogP contribution in [-0.2, 0) is 0 Å². The first-order chi connectivity index (χ1) is 13.1. The van der Waals surface area contributed by atoms with E-state index in [0.717, 1.165) is 25.7 Å². The molecule has 6 heteroatoms. The van der Waals surface area contributed by atoms with Crippen molar-refractivity contribution in [1.29, 1.82) is 0 Å². The average Bonchev–Trinajstić information content (AvgIpc) is 2.69. The third-order valence-electron chi connectivity index (χ3n) is 5.08. The number of para-hydroxylation sites is 1. The Morgan fingerprint density at radius 1 is 1.07 bits per heavy atom. The zero-order valence-corrected chi connectivity index (χ0v) is 14.9. The van der Waals surface area contributed by atoms with Crippen LogP contribution >= 0.6 is 0 Å². The maximum atomic E-state index is 13.1. The molecule has 1 aromatic heterocycles. The van der Waals surface area contributed by atoms with Gasteiger partial charge in [0.25, 0.3) is 5.56 Å². The second-order valence-electron chi connectivity index (χ2n) is 6.93. The van der Waals surface area contributed by atoms with E-state index in [4.69, 9.17) is 4.98 Å². The Bertz CT molecular complexity index is 1070. The van der Waals surface area contributed by atoms with Gasteiger partial charge in [-0.25, -0.2) is 4.98 Å². The van der Waals surface area contributed by atoms with E-state index in [1.54, 1.807) is 12.1 Å². The van der Waals surface area contributed by atoms with Gasteiger partial charge in [-0.15, -0.1) is 0 Å². The van der Waals surface area contributed by atoms with Gasteiger partial charge in [0.15, 0.2) is 0 Å². The Hall–Kier alpha value is -3.15. The molecule has 0 saturated heterocycles. The van der Waals surface area contributed by atoms with E-state index in [1.165, 1.54) is 29.4 Å². The van der Waals surface area contributed by atoms with Crippen molar-refractivity contribution < 1.29 is 10.2 Å². The second-order valence-corrected chi connectivity index (χ2v) is 6.93. The van der Waals surface area contributed by atoms with E-state index >= 15 is 0 Å². The minimum absolute atomic E-state index is 0.0305. The highest BCUT2D eigenvalue weighted by Gasteiger charge is 2.22. The van der Waals surface area contributed by atoms with Gasteiger partial charge in [0, 0.05) is 17.5 Å². The lowest BCUT2D eigenvalue weighted by Gasteiger charge is -2.22. The number of aromatic hydroxyl groups is 2. The zero-order valence-electron chi connectivity index (χ0n) is 14.9. The third kappa shape index (κ3) is 3.43. The number of benzene rings is 2. The molecule has 1 fully saturated rings. The highest BCUT2D eigenvalue weighted by Crippen LogP contribution is 2.31. The molecule has 0 atom stereocenters. The summed E-state index contributed by atoms with van der Waals surface area (Å²) >= 11 is 0. The first-order valence-electron chi connectivity index (χ1n) is 9.21. The van der Waals surface area contributed by atoms with Crippen molar-refractivity contribution in [3.8, 4) is 11.5 Å². The van der Waals surface area contributed by atoms with Gasteiger partial charge < -0.3 is 10.2 Å². The Balaban J connectivity index is 1.85. The van der Waals surface area contributed by atoms with Gasteiger partial charge in [-0.3, -0.25) is 4.79 Å². The van der Waals surface area contributed by atoms with Crippen LogP contribution in [0.3, 0.4) is 0 Å². The quantitative estimate of drug-likeness (QED) is 0.694. The van der Waals surface area contributed by atoms with Gasteiger partial charge in [0.2, 0.25) is 0 Å². The van der Waals surface area contributed by atoms with Gasteiger partial charge in [-0.2, -0.15) is 9.78 Å². The molecule has 1 saturated carbocycles. The maximum Gasteiger partial charge on any atom is 0.282 e. The normalized spacial score (nSPS) is 15.6. The van der Waals surface area contributed by atoms with Crippen LogP contribution in [0.4, 0.5) is 0 Å². The molecule has 4 rings (SSSR count). The lowest BCUT2D eigenvalue weighted by atomic mass is 9.88. The van der Waals surface area contributed by atoms with Crippen LogP contribution in [-0.4, -0.2) is 26.1 Å². The van der Waals surface area contributed by atoms with E-state index in [2.05, 4.69) is 5.10 Å². The Morgan fingerprint density at radius 3 is 2.63 bits per heavy atom. The number of hydrogen-bond acceptors (Lipinski definition) is 5. The fourth-order valence-electron chi connectivity index (χ4n) is 3.64. The molecule has 1 heterocycles. The van der Waals surface area contributed by atoms with Crippen LogP contribution in [0.5, 0.6) is 11.5 Å². The summed E-state index contributed by atoms with van der Waals surface area (Å²) in [6.45, 7) is 0.